The summed E-state index contributed by atoms with van der Waals surface area (Å²) in [6.45, 7) is 7.11. The van der Waals surface area contributed by atoms with Gasteiger partial charge in [0.05, 0.1) is 16.4 Å². The number of nitrogens with zero attached hydrogens (tertiary/aromatic N) is 1. The van der Waals surface area contributed by atoms with E-state index in [4.69, 9.17) is 13.7 Å². The van der Waals surface area contributed by atoms with E-state index in [2.05, 4.69) is 10.3 Å². The van der Waals surface area contributed by atoms with E-state index in [0.717, 1.165) is 16.9 Å². The zero-order valence-electron chi connectivity index (χ0n) is 16.4. The number of carbonyl (C=O) groups excluding carboxylic acids is 1. The molecule has 1 unspecified atom stereocenters. The number of aromatic nitrogens is 1. The van der Waals surface area contributed by atoms with E-state index < -0.39 is 27.9 Å². The number of methoxy groups -OCH3 is 1. The van der Waals surface area contributed by atoms with Crippen LogP contribution < -0.4 is 5.32 Å². The standard InChI is InChI=1S/C18H24N2O6S2/c1-12-6-8-13(9-7-12)28(22,23)26-14(11-24-5)15-10-19-16(27-15)20-17(21)25-18(2,3)4/h6-10,14H,11H2,1-5H3,(H,19,20,21). The lowest BCUT2D eigenvalue weighted by atomic mass is 10.2. The van der Waals surface area contributed by atoms with Crippen LogP contribution in [0.1, 0.15) is 37.3 Å². The number of thiazole rings is 1. The molecule has 2 aromatic rings. The first-order valence-electron chi connectivity index (χ1n) is 8.45. The zero-order chi connectivity index (χ0) is 20.9. The van der Waals surface area contributed by atoms with Crippen LogP contribution in [0.25, 0.3) is 0 Å². The van der Waals surface area contributed by atoms with Crippen molar-refractivity contribution in [3.63, 3.8) is 0 Å². The van der Waals surface area contributed by atoms with Gasteiger partial charge in [0.2, 0.25) is 0 Å². The summed E-state index contributed by atoms with van der Waals surface area (Å²) < 4.78 is 40.7. The molecule has 0 saturated heterocycles. The molecular weight excluding hydrogens is 404 g/mol. The molecule has 0 aliphatic heterocycles. The van der Waals surface area contributed by atoms with Gasteiger partial charge in [0.1, 0.15) is 11.7 Å². The zero-order valence-corrected chi connectivity index (χ0v) is 18.0. The fourth-order valence-corrected chi connectivity index (χ4v) is 4.03. The number of anilines is 1. The van der Waals surface area contributed by atoms with Crippen LogP contribution in [0.2, 0.25) is 0 Å². The molecule has 0 fully saturated rings. The Morgan fingerprint density at radius 3 is 2.46 bits per heavy atom. The maximum atomic E-state index is 12.6. The van der Waals surface area contributed by atoms with Crippen LogP contribution >= 0.6 is 11.3 Å². The van der Waals surface area contributed by atoms with Crippen molar-refractivity contribution < 1.29 is 26.9 Å². The molecule has 0 saturated carbocycles. The third-order valence-electron chi connectivity index (χ3n) is 3.32. The molecule has 2 rings (SSSR count). The predicted octanol–water partition coefficient (Wildman–Crippen LogP) is 3.89. The molecule has 10 heteroatoms. The molecule has 0 aliphatic rings. The highest BCUT2D eigenvalue weighted by atomic mass is 32.2. The van der Waals surface area contributed by atoms with Gasteiger partial charge >= 0.3 is 6.09 Å². The van der Waals surface area contributed by atoms with Crippen molar-refractivity contribution in [2.45, 2.75) is 44.3 Å². The number of ether oxygens (including phenoxy) is 2. The molecule has 1 aromatic heterocycles. The third-order valence-corrected chi connectivity index (χ3v) is 5.66. The normalized spacial score (nSPS) is 13.2. The lowest BCUT2D eigenvalue weighted by Crippen LogP contribution is -2.27. The minimum atomic E-state index is -4.00. The van der Waals surface area contributed by atoms with Crippen molar-refractivity contribution in [3.8, 4) is 0 Å². The lowest BCUT2D eigenvalue weighted by Gasteiger charge is -2.19. The van der Waals surface area contributed by atoms with Gasteiger partial charge in [-0.15, -0.1) is 0 Å². The minimum Gasteiger partial charge on any atom is -0.444 e. The van der Waals surface area contributed by atoms with E-state index in [0.29, 0.717) is 4.88 Å². The van der Waals surface area contributed by atoms with Crippen molar-refractivity contribution >= 4 is 32.7 Å². The van der Waals surface area contributed by atoms with Crippen LogP contribution in [0.4, 0.5) is 9.93 Å². The number of aryl methyl sites for hydroxylation is 1. The molecular formula is C18H24N2O6S2. The topological polar surface area (TPSA) is 104 Å². The summed E-state index contributed by atoms with van der Waals surface area (Å²) in [5.74, 6) is 0. The molecule has 0 spiro atoms. The van der Waals surface area contributed by atoms with Gasteiger partial charge in [-0.3, -0.25) is 9.50 Å². The van der Waals surface area contributed by atoms with E-state index in [1.807, 2.05) is 6.92 Å². The first-order chi connectivity index (χ1) is 13.0. The largest absolute Gasteiger partial charge is 0.444 e. The lowest BCUT2D eigenvalue weighted by molar-refractivity contribution is 0.0636. The summed E-state index contributed by atoms with van der Waals surface area (Å²) in [5, 5.41) is 2.78. The SMILES string of the molecule is COCC(OS(=O)(=O)c1ccc(C)cc1)c1cnc(NC(=O)OC(C)(C)C)s1. The highest BCUT2D eigenvalue weighted by Crippen LogP contribution is 2.30. The van der Waals surface area contributed by atoms with Crippen molar-refractivity contribution in [1.82, 2.24) is 4.98 Å². The molecule has 0 radical (unpaired) electrons. The van der Waals surface area contributed by atoms with Crippen LogP contribution in [-0.4, -0.2) is 38.8 Å². The number of nitrogens with one attached hydrogen (secondary N) is 1. The number of hydrogen-bond acceptors (Lipinski definition) is 8. The average molecular weight is 429 g/mol. The quantitative estimate of drug-likeness (QED) is 0.667. The minimum absolute atomic E-state index is 0.000831. The van der Waals surface area contributed by atoms with Gasteiger partial charge in [-0.1, -0.05) is 29.0 Å². The van der Waals surface area contributed by atoms with Gasteiger partial charge < -0.3 is 9.47 Å². The Morgan fingerprint density at radius 1 is 1.25 bits per heavy atom. The van der Waals surface area contributed by atoms with Gasteiger partial charge in [-0.05, 0) is 39.8 Å². The Labute approximate surface area is 169 Å². The first-order valence-corrected chi connectivity index (χ1v) is 10.7. The van der Waals surface area contributed by atoms with Crippen LogP contribution in [-0.2, 0) is 23.8 Å². The molecule has 28 heavy (non-hydrogen) atoms. The maximum Gasteiger partial charge on any atom is 0.413 e. The summed E-state index contributed by atoms with van der Waals surface area (Å²) >= 11 is 1.08. The monoisotopic (exact) mass is 428 g/mol. The number of benzene rings is 1. The molecule has 1 aromatic carbocycles. The summed E-state index contributed by atoms with van der Waals surface area (Å²) in [7, 11) is -2.56. The number of rotatable bonds is 7. The van der Waals surface area contributed by atoms with E-state index in [1.54, 1.807) is 32.9 Å². The fourth-order valence-electron chi connectivity index (χ4n) is 2.11. The number of carbonyl (C=O) groups is 1. The second kappa shape index (κ2) is 8.99. The third kappa shape index (κ3) is 6.55. The maximum absolute atomic E-state index is 12.6. The highest BCUT2D eigenvalue weighted by Gasteiger charge is 2.26. The highest BCUT2D eigenvalue weighted by molar-refractivity contribution is 7.86. The van der Waals surface area contributed by atoms with Crippen molar-refractivity contribution in [2.75, 3.05) is 19.0 Å². The summed E-state index contributed by atoms with van der Waals surface area (Å²) in [4.78, 5) is 16.5. The Hall–Kier alpha value is -2.01. The van der Waals surface area contributed by atoms with Crippen molar-refractivity contribution in [1.29, 1.82) is 0 Å². The van der Waals surface area contributed by atoms with E-state index >= 15 is 0 Å². The van der Waals surface area contributed by atoms with Crippen LogP contribution in [0.3, 0.4) is 0 Å². The van der Waals surface area contributed by atoms with Gasteiger partial charge in [0.15, 0.2) is 5.13 Å². The van der Waals surface area contributed by atoms with Crippen LogP contribution in [0, 0.1) is 6.92 Å². The van der Waals surface area contributed by atoms with Gasteiger partial charge in [-0.25, -0.2) is 9.78 Å². The molecule has 0 aliphatic carbocycles. The second-order valence-corrected chi connectivity index (χ2v) is 9.64. The smallest absolute Gasteiger partial charge is 0.413 e. The first kappa shape index (κ1) is 22.3. The molecule has 8 nitrogen and oxygen atoms in total. The average Bonchev–Trinajstić information content (AvgIpc) is 3.01. The molecule has 154 valence electrons. The molecule has 0 bridgehead atoms. The van der Waals surface area contributed by atoms with Crippen LogP contribution in [0.15, 0.2) is 35.4 Å². The summed E-state index contributed by atoms with van der Waals surface area (Å²) in [5.41, 5.74) is 0.293. The van der Waals surface area contributed by atoms with Gasteiger partial charge in [0, 0.05) is 13.3 Å². The Morgan fingerprint density at radius 2 is 1.89 bits per heavy atom. The van der Waals surface area contributed by atoms with Gasteiger partial charge in [0.25, 0.3) is 10.1 Å². The van der Waals surface area contributed by atoms with Gasteiger partial charge in [-0.2, -0.15) is 8.42 Å². The Bertz CT molecular complexity index is 901. The summed E-state index contributed by atoms with van der Waals surface area (Å²) in [6.07, 6.45) is -0.112. The number of amides is 1. The number of hydrogen-bond donors (Lipinski definition) is 1. The van der Waals surface area contributed by atoms with E-state index in [-0.39, 0.29) is 16.6 Å². The van der Waals surface area contributed by atoms with Crippen molar-refractivity contribution in [2.24, 2.45) is 0 Å². The van der Waals surface area contributed by atoms with Crippen molar-refractivity contribution in [3.05, 3.63) is 40.9 Å². The summed E-state index contributed by atoms with van der Waals surface area (Å²) in [6, 6.07) is 6.35. The second-order valence-electron chi connectivity index (χ2n) is 7.00. The fraction of sp³-hybridized carbons (Fsp3) is 0.444. The molecule has 1 amide bonds. The van der Waals surface area contributed by atoms with E-state index in [1.165, 1.54) is 25.4 Å². The molecule has 1 N–H and O–H groups in total. The van der Waals surface area contributed by atoms with E-state index in [9.17, 15) is 13.2 Å². The predicted molar refractivity (Wildman–Crippen MR) is 106 cm³/mol. The Kier molecular flexibility index (Phi) is 7.16. The molecule has 1 heterocycles. The van der Waals surface area contributed by atoms with Crippen LogP contribution in [0.5, 0.6) is 0 Å². The Balaban J connectivity index is 2.15. The molecule has 1 atom stereocenters.